The summed E-state index contributed by atoms with van der Waals surface area (Å²) in [6.07, 6.45) is 3.57. The molecule has 3 aromatic rings. The van der Waals surface area contributed by atoms with Gasteiger partial charge in [-0.15, -0.1) is 0 Å². The predicted molar refractivity (Wildman–Crippen MR) is 109 cm³/mol. The van der Waals surface area contributed by atoms with Gasteiger partial charge in [-0.05, 0) is 50.6 Å². The van der Waals surface area contributed by atoms with Crippen LogP contribution >= 0.6 is 0 Å². The molecule has 1 saturated heterocycles. The summed E-state index contributed by atoms with van der Waals surface area (Å²) >= 11 is 0. The van der Waals surface area contributed by atoms with Crippen LogP contribution in [0.15, 0.2) is 54.7 Å². The molecule has 150 valence electrons. The lowest BCUT2D eigenvalue weighted by Gasteiger charge is -2.30. The number of hydrogen-bond donors (Lipinski definition) is 1. The Morgan fingerprint density at radius 3 is 2.59 bits per heavy atom. The molecule has 1 atom stereocenters. The molecule has 1 aliphatic heterocycles. The van der Waals surface area contributed by atoms with E-state index in [0.29, 0.717) is 13.1 Å². The highest BCUT2D eigenvalue weighted by Crippen LogP contribution is 2.27. The third-order valence-electron chi connectivity index (χ3n) is 5.45. The Bertz CT molecular complexity index is 996. The summed E-state index contributed by atoms with van der Waals surface area (Å²) in [5.74, 6) is -1.33. The fourth-order valence-corrected chi connectivity index (χ4v) is 3.85. The molecule has 6 heteroatoms. The van der Waals surface area contributed by atoms with Crippen LogP contribution in [0.2, 0.25) is 0 Å². The predicted octanol–water partition coefficient (Wildman–Crippen LogP) is 4.28. The van der Waals surface area contributed by atoms with Crippen LogP contribution in [0.25, 0.3) is 16.9 Å². The van der Waals surface area contributed by atoms with E-state index in [9.17, 15) is 14.3 Å². The summed E-state index contributed by atoms with van der Waals surface area (Å²) in [4.78, 5) is 13.6. The highest BCUT2D eigenvalue weighted by Gasteiger charge is 2.26. The van der Waals surface area contributed by atoms with Gasteiger partial charge in [0.15, 0.2) is 0 Å². The Balaban J connectivity index is 1.67. The fraction of sp³-hybridized carbons (Fsp3) is 0.304. The maximum absolute atomic E-state index is 13.3. The van der Waals surface area contributed by atoms with Crippen LogP contribution in [0.1, 0.15) is 24.0 Å². The van der Waals surface area contributed by atoms with E-state index in [4.69, 9.17) is 5.10 Å². The molecule has 1 N–H and O–H groups in total. The first kappa shape index (κ1) is 19.3. The van der Waals surface area contributed by atoms with Gasteiger partial charge in [0.1, 0.15) is 5.82 Å². The van der Waals surface area contributed by atoms with Crippen molar-refractivity contribution in [2.24, 2.45) is 5.92 Å². The molecule has 1 aliphatic rings. The molecule has 0 spiro atoms. The van der Waals surface area contributed by atoms with E-state index in [-0.39, 0.29) is 11.7 Å². The maximum Gasteiger partial charge on any atom is 0.307 e. The van der Waals surface area contributed by atoms with Crippen molar-refractivity contribution in [3.05, 3.63) is 71.7 Å². The second kappa shape index (κ2) is 8.17. The van der Waals surface area contributed by atoms with Gasteiger partial charge >= 0.3 is 5.97 Å². The highest BCUT2D eigenvalue weighted by atomic mass is 19.1. The first-order valence-corrected chi connectivity index (χ1v) is 9.86. The minimum atomic E-state index is -0.726. The molecule has 4 rings (SSSR count). The first-order valence-electron chi connectivity index (χ1n) is 9.86. The Morgan fingerprint density at radius 2 is 1.90 bits per heavy atom. The SMILES string of the molecule is Cc1ccc(-c2nn(-c3ccc(F)cc3)cc2CN2CCCC(C(=O)O)C2)cc1. The van der Waals surface area contributed by atoms with E-state index in [1.807, 2.05) is 25.3 Å². The number of aromatic nitrogens is 2. The summed E-state index contributed by atoms with van der Waals surface area (Å²) in [5.41, 5.74) is 4.87. The molecule has 2 aromatic carbocycles. The highest BCUT2D eigenvalue weighted by molar-refractivity contribution is 5.70. The zero-order valence-corrected chi connectivity index (χ0v) is 16.4. The molecule has 29 heavy (non-hydrogen) atoms. The van der Waals surface area contributed by atoms with Crippen LogP contribution in [-0.2, 0) is 11.3 Å². The van der Waals surface area contributed by atoms with Gasteiger partial charge in [-0.25, -0.2) is 9.07 Å². The zero-order valence-electron chi connectivity index (χ0n) is 16.4. The molecule has 0 aliphatic carbocycles. The van der Waals surface area contributed by atoms with E-state index < -0.39 is 5.97 Å². The lowest BCUT2D eigenvalue weighted by molar-refractivity contribution is -0.143. The van der Waals surface area contributed by atoms with Crippen molar-refractivity contribution in [3.63, 3.8) is 0 Å². The lowest BCUT2D eigenvalue weighted by Crippen LogP contribution is -2.38. The van der Waals surface area contributed by atoms with Crippen molar-refractivity contribution in [3.8, 4) is 16.9 Å². The molecule has 2 heterocycles. The van der Waals surface area contributed by atoms with E-state index in [1.165, 1.54) is 17.7 Å². The molecular weight excluding hydrogens is 369 g/mol. The Hall–Kier alpha value is -2.99. The summed E-state index contributed by atoms with van der Waals surface area (Å²) in [7, 11) is 0. The normalized spacial score (nSPS) is 17.4. The van der Waals surface area contributed by atoms with Crippen LogP contribution in [0.4, 0.5) is 4.39 Å². The number of piperidine rings is 1. The van der Waals surface area contributed by atoms with Gasteiger partial charge in [-0.3, -0.25) is 9.69 Å². The first-order chi connectivity index (χ1) is 14.0. The Labute approximate surface area is 169 Å². The van der Waals surface area contributed by atoms with Crippen molar-refractivity contribution >= 4 is 5.97 Å². The minimum Gasteiger partial charge on any atom is -0.481 e. The number of likely N-dealkylation sites (tertiary alicyclic amines) is 1. The number of rotatable bonds is 5. The Morgan fingerprint density at radius 1 is 1.17 bits per heavy atom. The summed E-state index contributed by atoms with van der Waals surface area (Å²) < 4.78 is 15.1. The van der Waals surface area contributed by atoms with Crippen molar-refractivity contribution < 1.29 is 14.3 Å². The van der Waals surface area contributed by atoms with Crippen LogP contribution in [0.5, 0.6) is 0 Å². The third-order valence-corrected chi connectivity index (χ3v) is 5.45. The third kappa shape index (κ3) is 4.38. The molecular formula is C23H24FN3O2. The molecule has 0 radical (unpaired) electrons. The summed E-state index contributed by atoms with van der Waals surface area (Å²) in [6, 6.07) is 14.4. The molecule has 1 fully saturated rings. The van der Waals surface area contributed by atoms with Crippen LogP contribution in [0.3, 0.4) is 0 Å². The van der Waals surface area contributed by atoms with E-state index in [2.05, 4.69) is 17.0 Å². The largest absolute Gasteiger partial charge is 0.481 e. The fourth-order valence-electron chi connectivity index (χ4n) is 3.85. The second-order valence-electron chi connectivity index (χ2n) is 7.70. The van der Waals surface area contributed by atoms with Gasteiger partial charge in [-0.1, -0.05) is 29.8 Å². The van der Waals surface area contributed by atoms with Gasteiger partial charge in [0.2, 0.25) is 0 Å². The molecule has 0 saturated carbocycles. The van der Waals surface area contributed by atoms with Crippen molar-refractivity contribution in [2.75, 3.05) is 13.1 Å². The Kier molecular flexibility index (Phi) is 5.45. The van der Waals surface area contributed by atoms with Crippen molar-refractivity contribution in [1.29, 1.82) is 0 Å². The van der Waals surface area contributed by atoms with E-state index in [0.717, 1.165) is 41.9 Å². The molecule has 1 unspecified atom stereocenters. The van der Waals surface area contributed by atoms with Gasteiger partial charge < -0.3 is 5.11 Å². The number of hydrogen-bond acceptors (Lipinski definition) is 3. The monoisotopic (exact) mass is 393 g/mol. The molecule has 0 bridgehead atoms. The van der Waals surface area contributed by atoms with Gasteiger partial charge in [0.05, 0.1) is 17.3 Å². The topological polar surface area (TPSA) is 58.4 Å². The van der Waals surface area contributed by atoms with Gasteiger partial charge in [0.25, 0.3) is 0 Å². The average molecular weight is 393 g/mol. The maximum atomic E-state index is 13.3. The standard InChI is InChI=1S/C23H24FN3O2/c1-16-4-6-17(7-5-16)22-19(14-26-12-2-3-18(13-26)23(28)29)15-27(25-22)21-10-8-20(24)9-11-21/h4-11,15,18H,2-3,12-14H2,1H3,(H,28,29). The number of aryl methyl sites for hydroxylation is 1. The number of nitrogens with zero attached hydrogens (tertiary/aromatic N) is 3. The van der Waals surface area contributed by atoms with Crippen molar-refractivity contribution in [2.45, 2.75) is 26.3 Å². The van der Waals surface area contributed by atoms with Crippen LogP contribution < -0.4 is 0 Å². The van der Waals surface area contributed by atoms with Gasteiger partial charge in [0, 0.05) is 30.4 Å². The van der Waals surface area contributed by atoms with Gasteiger partial charge in [-0.2, -0.15) is 5.10 Å². The summed E-state index contributed by atoms with van der Waals surface area (Å²) in [6.45, 7) is 4.10. The van der Waals surface area contributed by atoms with E-state index in [1.54, 1.807) is 16.8 Å². The number of carbonyl (C=O) groups is 1. The smallest absolute Gasteiger partial charge is 0.307 e. The zero-order chi connectivity index (χ0) is 20.4. The second-order valence-corrected chi connectivity index (χ2v) is 7.70. The van der Waals surface area contributed by atoms with Crippen LogP contribution in [0, 0.1) is 18.7 Å². The average Bonchev–Trinajstić information content (AvgIpc) is 3.13. The lowest BCUT2D eigenvalue weighted by atomic mass is 9.97. The molecule has 5 nitrogen and oxygen atoms in total. The minimum absolute atomic E-state index is 0.284. The number of benzene rings is 2. The van der Waals surface area contributed by atoms with E-state index >= 15 is 0 Å². The molecule has 0 amide bonds. The number of aliphatic carboxylic acids is 1. The van der Waals surface area contributed by atoms with Crippen LogP contribution in [-0.4, -0.2) is 38.8 Å². The number of carboxylic acid groups (broad SMARTS) is 1. The number of halogens is 1. The van der Waals surface area contributed by atoms with Crippen molar-refractivity contribution in [1.82, 2.24) is 14.7 Å². The number of carboxylic acids is 1. The summed E-state index contributed by atoms with van der Waals surface area (Å²) in [5, 5.41) is 14.2. The quantitative estimate of drug-likeness (QED) is 0.703. The molecule has 1 aromatic heterocycles.